The lowest BCUT2D eigenvalue weighted by Gasteiger charge is -2.18. The molecular weight excluding hydrogens is 268 g/mol. The number of para-hydroxylation sites is 1. The second-order valence-electron chi connectivity index (χ2n) is 5.37. The third-order valence-corrected chi connectivity index (χ3v) is 5.06. The van der Waals surface area contributed by atoms with Crippen LogP contribution >= 0.6 is 11.8 Å². The van der Waals surface area contributed by atoms with Crippen LogP contribution in [0.5, 0.6) is 0 Å². The molecular formula is C16H20N2OS. The maximum Gasteiger partial charge on any atom is 0.262 e. The zero-order valence-electron chi connectivity index (χ0n) is 11.8. The lowest BCUT2D eigenvalue weighted by atomic mass is 10.2. The van der Waals surface area contributed by atoms with Crippen LogP contribution in [-0.4, -0.2) is 15.3 Å². The van der Waals surface area contributed by atoms with E-state index in [2.05, 4.69) is 6.92 Å². The first-order chi connectivity index (χ1) is 9.81. The van der Waals surface area contributed by atoms with Gasteiger partial charge in [0.1, 0.15) is 0 Å². The van der Waals surface area contributed by atoms with Crippen molar-refractivity contribution in [2.75, 3.05) is 5.75 Å². The molecule has 3 rings (SSSR count). The standard InChI is InChI=1S/C16H20N2OS/c1-2-11-20-16-17-14-10-6-5-9-13(14)15(19)18(16)12-7-3-4-8-12/h5-6,9-10,12H,2-4,7-8,11H2,1H3. The Morgan fingerprint density at radius 2 is 2.05 bits per heavy atom. The summed E-state index contributed by atoms with van der Waals surface area (Å²) in [5.41, 5.74) is 0.964. The summed E-state index contributed by atoms with van der Waals surface area (Å²) in [7, 11) is 0. The fourth-order valence-corrected chi connectivity index (χ4v) is 3.83. The van der Waals surface area contributed by atoms with Gasteiger partial charge < -0.3 is 0 Å². The van der Waals surface area contributed by atoms with Gasteiger partial charge in [-0.2, -0.15) is 0 Å². The minimum absolute atomic E-state index is 0.140. The SMILES string of the molecule is CCCSc1nc2ccccc2c(=O)n1C1CCCC1. The van der Waals surface area contributed by atoms with Crippen molar-refractivity contribution >= 4 is 22.7 Å². The number of nitrogens with zero attached hydrogens (tertiary/aromatic N) is 2. The molecule has 3 nitrogen and oxygen atoms in total. The van der Waals surface area contributed by atoms with Gasteiger partial charge in [-0.25, -0.2) is 4.98 Å². The Morgan fingerprint density at radius 3 is 2.80 bits per heavy atom. The molecule has 1 heterocycles. The quantitative estimate of drug-likeness (QED) is 0.629. The Hall–Kier alpha value is -1.29. The van der Waals surface area contributed by atoms with Gasteiger partial charge in [-0.3, -0.25) is 9.36 Å². The van der Waals surface area contributed by atoms with E-state index in [1.165, 1.54) is 12.8 Å². The maximum atomic E-state index is 12.8. The van der Waals surface area contributed by atoms with Crippen molar-refractivity contribution < 1.29 is 0 Å². The number of rotatable bonds is 4. The predicted octanol–water partition coefficient (Wildman–Crippen LogP) is 4.01. The van der Waals surface area contributed by atoms with Gasteiger partial charge in [0.25, 0.3) is 5.56 Å². The number of fused-ring (bicyclic) bond motifs is 1. The van der Waals surface area contributed by atoms with Crippen molar-refractivity contribution in [2.24, 2.45) is 0 Å². The number of hydrogen-bond donors (Lipinski definition) is 0. The van der Waals surface area contributed by atoms with Gasteiger partial charge in [0.05, 0.1) is 10.9 Å². The van der Waals surface area contributed by atoms with E-state index >= 15 is 0 Å². The van der Waals surface area contributed by atoms with Crippen molar-refractivity contribution in [3.63, 3.8) is 0 Å². The maximum absolute atomic E-state index is 12.8. The predicted molar refractivity (Wildman–Crippen MR) is 84.5 cm³/mol. The van der Waals surface area contributed by atoms with Gasteiger partial charge >= 0.3 is 0 Å². The minimum atomic E-state index is 0.140. The van der Waals surface area contributed by atoms with Crippen LogP contribution < -0.4 is 5.56 Å². The Morgan fingerprint density at radius 1 is 1.30 bits per heavy atom. The molecule has 2 aromatic rings. The Balaban J connectivity index is 2.16. The molecule has 0 amide bonds. The van der Waals surface area contributed by atoms with Crippen LogP contribution in [0, 0.1) is 0 Å². The summed E-state index contributed by atoms with van der Waals surface area (Å²) in [6.45, 7) is 2.16. The van der Waals surface area contributed by atoms with Crippen molar-refractivity contribution in [2.45, 2.75) is 50.2 Å². The number of hydrogen-bond acceptors (Lipinski definition) is 3. The molecule has 1 aromatic heterocycles. The summed E-state index contributed by atoms with van der Waals surface area (Å²) in [6, 6.07) is 8.04. The Kier molecular flexibility index (Phi) is 4.10. The Labute approximate surface area is 123 Å². The van der Waals surface area contributed by atoms with E-state index in [4.69, 9.17) is 4.98 Å². The van der Waals surface area contributed by atoms with Crippen LogP contribution in [0.1, 0.15) is 45.1 Å². The summed E-state index contributed by atoms with van der Waals surface area (Å²) in [5.74, 6) is 1.01. The number of thioether (sulfide) groups is 1. The molecule has 1 saturated carbocycles. The lowest BCUT2D eigenvalue weighted by Crippen LogP contribution is -2.26. The molecule has 1 aliphatic carbocycles. The number of aromatic nitrogens is 2. The highest BCUT2D eigenvalue weighted by Gasteiger charge is 2.22. The number of benzene rings is 1. The third-order valence-electron chi connectivity index (χ3n) is 3.90. The van der Waals surface area contributed by atoms with Gasteiger partial charge in [0.2, 0.25) is 0 Å². The summed E-state index contributed by atoms with van der Waals surface area (Å²) in [4.78, 5) is 17.6. The van der Waals surface area contributed by atoms with Crippen LogP contribution in [0.3, 0.4) is 0 Å². The van der Waals surface area contributed by atoms with E-state index < -0.39 is 0 Å². The second-order valence-corrected chi connectivity index (χ2v) is 6.44. The van der Waals surface area contributed by atoms with Crippen LogP contribution in [0.25, 0.3) is 10.9 Å². The van der Waals surface area contributed by atoms with E-state index in [1.807, 2.05) is 28.8 Å². The summed E-state index contributed by atoms with van der Waals surface area (Å²) in [5, 5.41) is 1.66. The first-order valence-electron chi connectivity index (χ1n) is 7.45. The van der Waals surface area contributed by atoms with E-state index in [0.717, 1.165) is 41.1 Å². The van der Waals surface area contributed by atoms with Gasteiger partial charge in [0, 0.05) is 11.8 Å². The van der Waals surface area contributed by atoms with Crippen LogP contribution in [0.15, 0.2) is 34.2 Å². The molecule has 0 unspecified atom stereocenters. The fourth-order valence-electron chi connectivity index (χ4n) is 2.91. The minimum Gasteiger partial charge on any atom is -0.284 e. The van der Waals surface area contributed by atoms with E-state index in [9.17, 15) is 4.79 Å². The summed E-state index contributed by atoms with van der Waals surface area (Å²) >= 11 is 1.71. The molecule has 106 valence electrons. The molecule has 0 saturated heterocycles. The van der Waals surface area contributed by atoms with Crippen molar-refractivity contribution in [1.82, 2.24) is 9.55 Å². The van der Waals surface area contributed by atoms with Gasteiger partial charge in [-0.05, 0) is 31.4 Å². The van der Waals surface area contributed by atoms with Crippen LogP contribution in [0.4, 0.5) is 0 Å². The van der Waals surface area contributed by atoms with Crippen LogP contribution in [0.2, 0.25) is 0 Å². The molecule has 1 aliphatic rings. The van der Waals surface area contributed by atoms with E-state index in [-0.39, 0.29) is 5.56 Å². The highest BCUT2D eigenvalue weighted by atomic mass is 32.2. The van der Waals surface area contributed by atoms with E-state index in [0.29, 0.717) is 6.04 Å². The zero-order valence-corrected chi connectivity index (χ0v) is 12.7. The van der Waals surface area contributed by atoms with Gasteiger partial charge in [0.15, 0.2) is 5.16 Å². The molecule has 0 atom stereocenters. The monoisotopic (exact) mass is 288 g/mol. The molecule has 0 radical (unpaired) electrons. The molecule has 1 fully saturated rings. The molecule has 1 aromatic carbocycles. The van der Waals surface area contributed by atoms with Crippen LogP contribution in [-0.2, 0) is 0 Å². The second kappa shape index (κ2) is 6.00. The van der Waals surface area contributed by atoms with Crippen molar-refractivity contribution in [1.29, 1.82) is 0 Å². The first kappa shape index (κ1) is 13.7. The summed E-state index contributed by atoms with van der Waals surface area (Å²) < 4.78 is 1.97. The highest BCUT2D eigenvalue weighted by molar-refractivity contribution is 7.99. The van der Waals surface area contributed by atoms with Gasteiger partial charge in [-0.1, -0.05) is 43.7 Å². The Bertz CT molecular complexity index is 659. The van der Waals surface area contributed by atoms with E-state index in [1.54, 1.807) is 11.8 Å². The first-order valence-corrected chi connectivity index (χ1v) is 8.44. The van der Waals surface area contributed by atoms with Crippen molar-refractivity contribution in [3.8, 4) is 0 Å². The molecule has 0 N–H and O–H groups in total. The van der Waals surface area contributed by atoms with Gasteiger partial charge in [-0.15, -0.1) is 0 Å². The molecule has 0 bridgehead atoms. The molecule has 4 heteroatoms. The largest absolute Gasteiger partial charge is 0.284 e. The molecule has 0 aliphatic heterocycles. The molecule has 0 spiro atoms. The smallest absolute Gasteiger partial charge is 0.262 e. The fraction of sp³-hybridized carbons (Fsp3) is 0.500. The lowest BCUT2D eigenvalue weighted by molar-refractivity contribution is 0.457. The van der Waals surface area contributed by atoms with Crippen molar-refractivity contribution in [3.05, 3.63) is 34.6 Å². The third kappa shape index (κ3) is 2.49. The normalized spacial score (nSPS) is 16.1. The zero-order chi connectivity index (χ0) is 13.9. The topological polar surface area (TPSA) is 34.9 Å². The highest BCUT2D eigenvalue weighted by Crippen LogP contribution is 2.32. The average Bonchev–Trinajstić information content (AvgIpc) is 2.99. The summed E-state index contributed by atoms with van der Waals surface area (Å²) in [6.07, 6.45) is 5.76. The molecule has 20 heavy (non-hydrogen) atoms. The average molecular weight is 288 g/mol.